The van der Waals surface area contributed by atoms with Gasteiger partial charge in [0.25, 0.3) is 0 Å². The van der Waals surface area contributed by atoms with E-state index in [9.17, 15) is 4.79 Å². The van der Waals surface area contributed by atoms with Gasteiger partial charge >= 0.3 is 0 Å². The van der Waals surface area contributed by atoms with Gasteiger partial charge in [-0.25, -0.2) is 0 Å². The molecule has 0 aliphatic heterocycles. The summed E-state index contributed by atoms with van der Waals surface area (Å²) >= 11 is 5.97. The molecule has 0 saturated heterocycles. The average Bonchev–Trinajstić information content (AvgIpc) is 2.58. The lowest BCUT2D eigenvalue weighted by Crippen LogP contribution is -2.34. The first-order valence-electron chi connectivity index (χ1n) is 7.47. The van der Waals surface area contributed by atoms with Crippen LogP contribution in [0.25, 0.3) is 0 Å². The van der Waals surface area contributed by atoms with Gasteiger partial charge in [0.1, 0.15) is 5.75 Å². The lowest BCUT2D eigenvalue weighted by atomic mass is 10.1. The smallest absolute Gasteiger partial charge is 0.234 e. The van der Waals surface area contributed by atoms with Crippen LogP contribution in [0.15, 0.2) is 48.5 Å². The van der Waals surface area contributed by atoms with E-state index in [-0.39, 0.29) is 18.5 Å². The molecule has 1 atom stereocenters. The molecule has 0 aliphatic rings. The van der Waals surface area contributed by atoms with E-state index >= 15 is 0 Å². The molecule has 122 valence electrons. The van der Waals surface area contributed by atoms with Crippen LogP contribution < -0.4 is 15.4 Å². The van der Waals surface area contributed by atoms with Gasteiger partial charge in [-0.2, -0.15) is 0 Å². The van der Waals surface area contributed by atoms with E-state index in [4.69, 9.17) is 16.3 Å². The Morgan fingerprint density at radius 1 is 1.22 bits per heavy atom. The van der Waals surface area contributed by atoms with E-state index in [1.165, 1.54) is 0 Å². The molecule has 0 unspecified atom stereocenters. The summed E-state index contributed by atoms with van der Waals surface area (Å²) in [6.45, 7) is 2.75. The van der Waals surface area contributed by atoms with Crippen LogP contribution in [-0.4, -0.2) is 19.6 Å². The topological polar surface area (TPSA) is 50.4 Å². The van der Waals surface area contributed by atoms with E-state index in [2.05, 4.69) is 10.6 Å². The fourth-order valence-corrected chi connectivity index (χ4v) is 2.34. The second-order valence-corrected chi connectivity index (χ2v) is 5.72. The first kappa shape index (κ1) is 17.3. The molecule has 0 spiro atoms. The molecule has 23 heavy (non-hydrogen) atoms. The minimum Gasteiger partial charge on any atom is -0.497 e. The maximum atomic E-state index is 11.9. The predicted octanol–water partition coefficient (Wildman–Crippen LogP) is 3.32. The molecule has 5 heteroatoms. The number of hydrogen-bond acceptors (Lipinski definition) is 3. The number of methoxy groups -OCH3 is 1. The summed E-state index contributed by atoms with van der Waals surface area (Å²) in [5, 5.41) is 6.77. The maximum absolute atomic E-state index is 11.9. The quantitative estimate of drug-likeness (QED) is 0.817. The number of amides is 1. The normalized spacial score (nSPS) is 11.8. The number of benzene rings is 2. The largest absolute Gasteiger partial charge is 0.497 e. The van der Waals surface area contributed by atoms with Crippen LogP contribution in [0.3, 0.4) is 0 Å². The average molecular weight is 333 g/mol. The van der Waals surface area contributed by atoms with E-state index in [0.717, 1.165) is 16.9 Å². The molecule has 0 fully saturated rings. The van der Waals surface area contributed by atoms with Crippen molar-refractivity contribution in [1.29, 1.82) is 0 Å². The summed E-state index contributed by atoms with van der Waals surface area (Å²) < 4.78 is 5.10. The van der Waals surface area contributed by atoms with Crippen molar-refractivity contribution in [1.82, 2.24) is 10.6 Å². The highest BCUT2D eigenvalue weighted by Crippen LogP contribution is 2.17. The number of nitrogens with one attached hydrogen (secondary N) is 2. The number of rotatable bonds is 7. The minimum absolute atomic E-state index is 0.0466. The van der Waals surface area contributed by atoms with Crippen molar-refractivity contribution in [3.8, 4) is 5.75 Å². The summed E-state index contributed by atoms with van der Waals surface area (Å²) in [6, 6.07) is 15.3. The molecule has 0 saturated carbocycles. The van der Waals surface area contributed by atoms with Crippen molar-refractivity contribution in [2.45, 2.75) is 19.5 Å². The third-order valence-electron chi connectivity index (χ3n) is 3.57. The van der Waals surface area contributed by atoms with Gasteiger partial charge in [-0.1, -0.05) is 35.9 Å². The second kappa shape index (κ2) is 8.56. The fraction of sp³-hybridized carbons (Fsp3) is 0.278. The predicted molar refractivity (Wildman–Crippen MR) is 92.7 cm³/mol. The molecule has 1 amide bonds. The number of halogens is 1. The molecule has 0 aromatic heterocycles. The van der Waals surface area contributed by atoms with Crippen LogP contribution in [0.5, 0.6) is 5.75 Å². The van der Waals surface area contributed by atoms with Crippen molar-refractivity contribution in [3.05, 3.63) is 64.7 Å². The third-order valence-corrected chi connectivity index (χ3v) is 3.80. The highest BCUT2D eigenvalue weighted by molar-refractivity contribution is 6.30. The van der Waals surface area contributed by atoms with Crippen LogP contribution in [0.1, 0.15) is 24.1 Å². The van der Waals surface area contributed by atoms with Gasteiger partial charge in [0.05, 0.1) is 13.7 Å². The standard InChI is InChI=1S/C18H21ClN2O2/c1-13(15-4-3-5-16(19)10-15)20-12-18(22)21-11-14-6-8-17(23-2)9-7-14/h3-10,13,20H,11-12H2,1-2H3,(H,21,22)/t13-/m0/s1. The number of carbonyl (C=O) groups is 1. The molecular weight excluding hydrogens is 312 g/mol. The first-order valence-corrected chi connectivity index (χ1v) is 7.85. The molecule has 4 nitrogen and oxygen atoms in total. The minimum atomic E-state index is -0.0466. The SMILES string of the molecule is COc1ccc(CNC(=O)CN[C@@H](C)c2cccc(Cl)c2)cc1. The highest BCUT2D eigenvalue weighted by Gasteiger charge is 2.08. The Balaban J connectivity index is 1.76. The molecular formula is C18H21ClN2O2. The van der Waals surface area contributed by atoms with Gasteiger partial charge in [0.2, 0.25) is 5.91 Å². The highest BCUT2D eigenvalue weighted by atomic mass is 35.5. The first-order chi connectivity index (χ1) is 11.1. The summed E-state index contributed by atoms with van der Waals surface area (Å²) in [6.07, 6.45) is 0. The summed E-state index contributed by atoms with van der Waals surface area (Å²) in [5.41, 5.74) is 2.09. The Kier molecular flexibility index (Phi) is 6.44. The number of carbonyl (C=O) groups excluding carboxylic acids is 1. The molecule has 0 bridgehead atoms. The lowest BCUT2D eigenvalue weighted by Gasteiger charge is -2.14. The summed E-state index contributed by atoms with van der Waals surface area (Å²) in [7, 11) is 1.63. The third kappa shape index (κ3) is 5.58. The Morgan fingerprint density at radius 3 is 2.61 bits per heavy atom. The Morgan fingerprint density at radius 2 is 1.96 bits per heavy atom. The van der Waals surface area contributed by atoms with Gasteiger partial charge in [-0.3, -0.25) is 4.79 Å². The zero-order valence-corrected chi connectivity index (χ0v) is 14.1. The van der Waals surface area contributed by atoms with Crippen molar-refractivity contribution in [2.24, 2.45) is 0 Å². The monoisotopic (exact) mass is 332 g/mol. The van der Waals surface area contributed by atoms with Gasteiger partial charge in [0, 0.05) is 17.6 Å². The zero-order valence-electron chi connectivity index (χ0n) is 13.3. The fourth-order valence-electron chi connectivity index (χ4n) is 2.15. The number of hydrogen-bond donors (Lipinski definition) is 2. The van der Waals surface area contributed by atoms with Crippen molar-refractivity contribution >= 4 is 17.5 Å². The Bertz CT molecular complexity index is 644. The number of ether oxygens (including phenoxy) is 1. The van der Waals surface area contributed by atoms with Crippen LogP contribution in [0.4, 0.5) is 0 Å². The molecule has 0 aliphatic carbocycles. The van der Waals surface area contributed by atoms with Crippen molar-refractivity contribution in [3.63, 3.8) is 0 Å². The van der Waals surface area contributed by atoms with E-state index < -0.39 is 0 Å². The zero-order chi connectivity index (χ0) is 16.7. The van der Waals surface area contributed by atoms with E-state index in [1.54, 1.807) is 7.11 Å². The molecule has 2 aromatic carbocycles. The van der Waals surface area contributed by atoms with Gasteiger partial charge < -0.3 is 15.4 Å². The Hall–Kier alpha value is -2.04. The lowest BCUT2D eigenvalue weighted by molar-refractivity contribution is -0.120. The summed E-state index contributed by atoms with van der Waals surface area (Å²) in [4.78, 5) is 11.9. The molecule has 2 rings (SSSR count). The molecule has 2 N–H and O–H groups in total. The van der Waals surface area contributed by atoms with E-state index in [0.29, 0.717) is 11.6 Å². The van der Waals surface area contributed by atoms with Crippen LogP contribution in [-0.2, 0) is 11.3 Å². The molecule has 2 aromatic rings. The second-order valence-electron chi connectivity index (χ2n) is 5.28. The van der Waals surface area contributed by atoms with E-state index in [1.807, 2.05) is 55.5 Å². The van der Waals surface area contributed by atoms with Crippen molar-refractivity contribution < 1.29 is 9.53 Å². The molecule has 0 radical (unpaired) electrons. The summed E-state index contributed by atoms with van der Waals surface area (Å²) in [5.74, 6) is 0.756. The molecule has 0 heterocycles. The van der Waals surface area contributed by atoms with Gasteiger partial charge in [-0.05, 0) is 42.3 Å². The van der Waals surface area contributed by atoms with Gasteiger partial charge in [0.15, 0.2) is 0 Å². The maximum Gasteiger partial charge on any atom is 0.234 e. The van der Waals surface area contributed by atoms with Gasteiger partial charge in [-0.15, -0.1) is 0 Å². The van der Waals surface area contributed by atoms with Crippen LogP contribution >= 0.6 is 11.6 Å². The Labute approximate surface area is 141 Å². The van der Waals surface area contributed by atoms with Crippen LogP contribution in [0.2, 0.25) is 5.02 Å². The van der Waals surface area contributed by atoms with Crippen LogP contribution in [0, 0.1) is 0 Å². The van der Waals surface area contributed by atoms with Crippen molar-refractivity contribution in [2.75, 3.05) is 13.7 Å².